The van der Waals surface area contributed by atoms with E-state index in [1.54, 1.807) is 6.07 Å². The maximum atomic E-state index is 13.9. The molecule has 1 aliphatic heterocycles. The third kappa shape index (κ3) is 1.62. The topological polar surface area (TPSA) is 60.5 Å². The molecule has 0 saturated heterocycles. The van der Waals surface area contributed by atoms with Crippen molar-refractivity contribution in [1.29, 1.82) is 0 Å². The Morgan fingerprint density at radius 2 is 2.35 bits per heavy atom. The average molecular weight is 300 g/mol. The Morgan fingerprint density at radius 1 is 1.59 bits per heavy atom. The Hall–Kier alpha value is -1.17. The highest BCUT2D eigenvalue weighted by Crippen LogP contribution is 2.52. The lowest BCUT2D eigenvalue weighted by molar-refractivity contribution is 0.199. The summed E-state index contributed by atoms with van der Waals surface area (Å²) in [7, 11) is 0. The second kappa shape index (κ2) is 3.41. The predicted molar refractivity (Wildman–Crippen MR) is 63.8 cm³/mol. The first-order valence-electron chi connectivity index (χ1n) is 5.35. The Labute approximate surface area is 106 Å². The number of aliphatic imine (C=N–C) groups is 1. The van der Waals surface area contributed by atoms with Crippen LogP contribution in [0.15, 0.2) is 21.7 Å². The molecule has 1 saturated carbocycles. The molecule has 1 fully saturated rings. The smallest absolute Gasteiger partial charge is 0.283 e. The van der Waals surface area contributed by atoms with Gasteiger partial charge in [0.05, 0.1) is 0 Å². The van der Waals surface area contributed by atoms with Gasteiger partial charge in [0.1, 0.15) is 27.8 Å². The van der Waals surface area contributed by atoms with Gasteiger partial charge in [0.25, 0.3) is 6.02 Å². The Kier molecular flexibility index (Phi) is 2.20. The number of rotatable bonds is 1. The highest BCUT2D eigenvalue weighted by atomic mass is 79.9. The van der Waals surface area contributed by atoms with Crippen molar-refractivity contribution in [2.75, 3.05) is 0 Å². The second-order valence-corrected chi connectivity index (χ2v) is 5.37. The normalized spacial score (nSPS) is 34.6. The molecule has 1 aliphatic carbocycles. The highest BCUT2D eigenvalue weighted by molar-refractivity contribution is 9.10. The van der Waals surface area contributed by atoms with E-state index in [0.717, 1.165) is 6.42 Å². The SMILES string of the molecule is C[C@@]1(c2nc(Br)ccc2F)N=C(N)O[C@H]2C[C@H]21. The molecule has 2 heterocycles. The van der Waals surface area contributed by atoms with E-state index in [1.165, 1.54) is 6.07 Å². The van der Waals surface area contributed by atoms with Crippen molar-refractivity contribution in [3.8, 4) is 0 Å². The molecule has 3 atom stereocenters. The van der Waals surface area contributed by atoms with Gasteiger partial charge in [-0.1, -0.05) is 0 Å². The van der Waals surface area contributed by atoms with Gasteiger partial charge in [-0.05, 0) is 41.4 Å². The lowest BCUT2D eigenvalue weighted by Crippen LogP contribution is -2.36. The van der Waals surface area contributed by atoms with Gasteiger partial charge in [0.2, 0.25) is 0 Å². The molecule has 1 aromatic heterocycles. The first kappa shape index (κ1) is 11.0. The first-order chi connectivity index (χ1) is 8.00. The van der Waals surface area contributed by atoms with Crippen LogP contribution in [0.1, 0.15) is 19.0 Å². The zero-order valence-corrected chi connectivity index (χ0v) is 10.7. The van der Waals surface area contributed by atoms with Crippen molar-refractivity contribution < 1.29 is 9.13 Å². The van der Waals surface area contributed by atoms with Crippen molar-refractivity contribution in [3.05, 3.63) is 28.2 Å². The maximum absolute atomic E-state index is 13.9. The van der Waals surface area contributed by atoms with E-state index in [1.807, 2.05) is 6.92 Å². The van der Waals surface area contributed by atoms with E-state index in [2.05, 4.69) is 25.9 Å². The van der Waals surface area contributed by atoms with Crippen molar-refractivity contribution in [2.45, 2.75) is 25.0 Å². The molecule has 4 nitrogen and oxygen atoms in total. The van der Waals surface area contributed by atoms with Crippen LogP contribution in [0.3, 0.4) is 0 Å². The van der Waals surface area contributed by atoms with Crippen LogP contribution in [0, 0.1) is 11.7 Å². The first-order valence-corrected chi connectivity index (χ1v) is 6.14. The number of hydrogen-bond acceptors (Lipinski definition) is 4. The molecule has 3 rings (SSSR count). The zero-order chi connectivity index (χ0) is 12.2. The minimum Gasteiger partial charge on any atom is -0.462 e. The van der Waals surface area contributed by atoms with Gasteiger partial charge >= 0.3 is 0 Å². The summed E-state index contributed by atoms with van der Waals surface area (Å²) in [4.78, 5) is 8.46. The number of fused-ring (bicyclic) bond motifs is 1. The standard InChI is InChI=1S/C11H11BrFN3O/c1-11(5-4-7(5)17-10(14)16-11)9-6(13)2-3-8(12)15-9/h2-3,5,7H,4H2,1H3,(H2,14,16)/t5-,7+,11-/m1/s1. The van der Waals surface area contributed by atoms with Crippen LogP contribution in [0.5, 0.6) is 0 Å². The van der Waals surface area contributed by atoms with Crippen LogP contribution in [-0.2, 0) is 10.3 Å². The number of pyridine rings is 1. The van der Waals surface area contributed by atoms with E-state index < -0.39 is 5.54 Å². The number of hydrogen-bond donors (Lipinski definition) is 1. The summed E-state index contributed by atoms with van der Waals surface area (Å²) in [5.41, 5.74) is 5.22. The van der Waals surface area contributed by atoms with Crippen molar-refractivity contribution in [3.63, 3.8) is 0 Å². The third-order valence-corrected chi connectivity index (χ3v) is 3.80. The molecular weight excluding hydrogens is 289 g/mol. The minimum absolute atomic E-state index is 0.0534. The molecule has 6 heteroatoms. The molecule has 2 N–H and O–H groups in total. The molecule has 0 aromatic carbocycles. The van der Waals surface area contributed by atoms with E-state index in [0.29, 0.717) is 10.3 Å². The monoisotopic (exact) mass is 299 g/mol. The fourth-order valence-corrected chi connectivity index (χ4v) is 2.70. The molecule has 0 amide bonds. The third-order valence-electron chi connectivity index (χ3n) is 3.36. The van der Waals surface area contributed by atoms with Gasteiger partial charge in [-0.25, -0.2) is 14.4 Å². The molecular formula is C11H11BrFN3O. The van der Waals surface area contributed by atoms with Gasteiger partial charge in [0.15, 0.2) is 0 Å². The Balaban J connectivity index is 2.13. The van der Waals surface area contributed by atoms with Crippen LogP contribution < -0.4 is 5.73 Å². The molecule has 17 heavy (non-hydrogen) atoms. The average Bonchev–Trinajstić information content (AvgIpc) is 3.01. The molecule has 90 valence electrons. The predicted octanol–water partition coefficient (Wildman–Crippen LogP) is 1.93. The molecule has 0 spiro atoms. The Bertz CT molecular complexity index is 521. The van der Waals surface area contributed by atoms with E-state index >= 15 is 0 Å². The van der Waals surface area contributed by atoms with Crippen LogP contribution >= 0.6 is 15.9 Å². The summed E-state index contributed by atoms with van der Waals surface area (Å²) in [5.74, 6) is -0.203. The Morgan fingerprint density at radius 3 is 3.12 bits per heavy atom. The molecule has 0 bridgehead atoms. The fourth-order valence-electron chi connectivity index (χ4n) is 2.39. The van der Waals surface area contributed by atoms with E-state index in [-0.39, 0.29) is 23.9 Å². The van der Waals surface area contributed by atoms with Crippen molar-refractivity contribution in [1.82, 2.24) is 4.98 Å². The molecule has 2 aliphatic rings. The van der Waals surface area contributed by atoms with Gasteiger partial charge < -0.3 is 10.5 Å². The van der Waals surface area contributed by atoms with Crippen LogP contribution in [0.25, 0.3) is 0 Å². The summed E-state index contributed by atoms with van der Waals surface area (Å²) in [5, 5.41) is 0. The van der Waals surface area contributed by atoms with Crippen molar-refractivity contribution in [2.24, 2.45) is 16.6 Å². The number of halogens is 2. The number of nitrogens with two attached hydrogens (primary N) is 1. The number of aromatic nitrogens is 1. The molecule has 1 aromatic rings. The number of ether oxygens (including phenoxy) is 1. The summed E-state index contributed by atoms with van der Waals surface area (Å²) < 4.78 is 19.8. The van der Waals surface area contributed by atoms with E-state index in [4.69, 9.17) is 10.5 Å². The lowest BCUT2D eigenvalue weighted by atomic mass is 9.91. The highest BCUT2D eigenvalue weighted by Gasteiger charge is 2.57. The van der Waals surface area contributed by atoms with Gasteiger partial charge in [-0.15, -0.1) is 0 Å². The summed E-state index contributed by atoms with van der Waals surface area (Å²) in [6.07, 6.45) is 0.895. The van der Waals surface area contributed by atoms with Crippen LogP contribution in [0.4, 0.5) is 4.39 Å². The molecule has 0 unspecified atom stereocenters. The summed E-state index contributed by atoms with van der Waals surface area (Å²) in [6.45, 7) is 1.85. The van der Waals surface area contributed by atoms with Crippen molar-refractivity contribution >= 4 is 22.0 Å². The van der Waals surface area contributed by atoms with E-state index in [9.17, 15) is 4.39 Å². The van der Waals surface area contributed by atoms with Gasteiger partial charge in [-0.2, -0.15) is 0 Å². The largest absolute Gasteiger partial charge is 0.462 e. The second-order valence-electron chi connectivity index (χ2n) is 4.56. The molecule has 0 radical (unpaired) electrons. The fraction of sp³-hybridized carbons (Fsp3) is 0.455. The number of amidine groups is 1. The van der Waals surface area contributed by atoms with Gasteiger partial charge in [-0.3, -0.25) is 0 Å². The van der Waals surface area contributed by atoms with Crippen LogP contribution in [0.2, 0.25) is 0 Å². The van der Waals surface area contributed by atoms with Gasteiger partial charge in [0, 0.05) is 5.92 Å². The minimum atomic E-state index is -0.721. The van der Waals surface area contributed by atoms with Crippen LogP contribution in [-0.4, -0.2) is 17.1 Å². The summed E-state index contributed by atoms with van der Waals surface area (Å²) >= 11 is 3.25. The quantitative estimate of drug-likeness (QED) is 0.806. The zero-order valence-electron chi connectivity index (χ0n) is 9.15. The summed E-state index contributed by atoms with van der Waals surface area (Å²) in [6, 6.07) is 3.07. The lowest BCUT2D eigenvalue weighted by Gasteiger charge is -2.29. The maximum Gasteiger partial charge on any atom is 0.283 e. The number of nitrogens with zero attached hydrogens (tertiary/aromatic N) is 2.